The average Bonchev–Trinajstić information content (AvgIpc) is 2.44. The Hall–Kier alpha value is -0.150. The summed E-state index contributed by atoms with van der Waals surface area (Å²) in [6, 6.07) is 0. The first-order chi connectivity index (χ1) is 7.17. The molecule has 1 rings (SSSR count). The first-order valence-electron chi connectivity index (χ1n) is 5.55. The Morgan fingerprint density at radius 1 is 1.12 bits per heavy atom. The van der Waals surface area contributed by atoms with Gasteiger partial charge in [-0.15, -0.1) is 0 Å². The maximum absolute atomic E-state index is 5.92. The van der Waals surface area contributed by atoms with E-state index in [1.54, 1.807) is 0 Å². The van der Waals surface area contributed by atoms with Gasteiger partial charge in [0.1, 0.15) is 0 Å². The van der Waals surface area contributed by atoms with Crippen molar-refractivity contribution in [3.05, 3.63) is 22.0 Å². The second-order valence-corrected chi connectivity index (χ2v) is 7.96. The van der Waals surface area contributed by atoms with Gasteiger partial charge in [-0.2, -0.15) is 0 Å². The summed E-state index contributed by atoms with van der Waals surface area (Å²) in [6.45, 7) is 12.7. The standard InChI is InChI=1S/C9H12N.C4H9O.Nb/c1-9(2,3)10-8-6-4-5-7-8;1-4(2,3)5;/h4-6H,1-3H3;1-3H3;/q;-1;+1. The molecule has 0 heterocycles. The molecule has 0 fully saturated rings. The van der Waals surface area contributed by atoms with Crippen molar-refractivity contribution in [2.24, 2.45) is 4.99 Å². The fraction of sp³-hybridized carbons (Fsp3) is 0.615. The molecule has 3 heteroatoms. The van der Waals surface area contributed by atoms with Crippen LogP contribution in [0, 0.1) is 0 Å². The van der Waals surface area contributed by atoms with Gasteiger partial charge < -0.3 is 0 Å². The molecule has 1 aliphatic rings. The molecule has 0 bridgehead atoms. The van der Waals surface area contributed by atoms with Gasteiger partial charge in [0.25, 0.3) is 0 Å². The molecule has 0 atom stereocenters. The minimum absolute atomic E-state index is 0.0129. The molecule has 16 heavy (non-hydrogen) atoms. The van der Waals surface area contributed by atoms with Crippen LogP contribution in [-0.2, 0) is 23.4 Å². The summed E-state index contributed by atoms with van der Waals surface area (Å²) in [4.78, 5) is 4.71. The van der Waals surface area contributed by atoms with Crippen LogP contribution in [0.4, 0.5) is 0 Å². The van der Waals surface area contributed by atoms with Crippen molar-refractivity contribution in [1.29, 1.82) is 0 Å². The van der Waals surface area contributed by atoms with Crippen molar-refractivity contribution in [1.82, 2.24) is 0 Å². The van der Waals surface area contributed by atoms with Crippen LogP contribution in [0.3, 0.4) is 0 Å². The summed E-state index contributed by atoms with van der Waals surface area (Å²) in [6.07, 6.45) is 6.30. The molecule has 0 radical (unpaired) electrons. The van der Waals surface area contributed by atoms with Crippen LogP contribution >= 0.6 is 0 Å². The van der Waals surface area contributed by atoms with Crippen LogP contribution in [0.1, 0.15) is 41.5 Å². The zero-order valence-electron chi connectivity index (χ0n) is 11.0. The van der Waals surface area contributed by atoms with E-state index in [1.165, 1.54) is 3.79 Å². The Bertz CT molecular complexity index is 340. The zero-order chi connectivity index (χ0) is 12.4. The Kier molecular flexibility index (Phi) is 4.35. The van der Waals surface area contributed by atoms with Gasteiger partial charge in [-0.05, 0) is 0 Å². The van der Waals surface area contributed by atoms with E-state index in [9.17, 15) is 0 Å². The third kappa shape index (κ3) is 5.26. The molecule has 2 nitrogen and oxygen atoms in total. The molecule has 0 aliphatic heterocycles. The van der Waals surface area contributed by atoms with E-state index in [-0.39, 0.29) is 11.1 Å². The van der Waals surface area contributed by atoms with Crippen molar-refractivity contribution in [2.45, 2.75) is 52.7 Å². The molecule has 0 aromatic carbocycles. The van der Waals surface area contributed by atoms with Gasteiger partial charge >= 0.3 is 109 Å². The predicted molar refractivity (Wildman–Crippen MR) is 65.2 cm³/mol. The van der Waals surface area contributed by atoms with Gasteiger partial charge in [0.05, 0.1) is 0 Å². The van der Waals surface area contributed by atoms with E-state index in [0.29, 0.717) is 0 Å². The van der Waals surface area contributed by atoms with Gasteiger partial charge in [-0.1, -0.05) is 0 Å². The molecule has 0 aromatic rings. The number of nitrogens with zero attached hydrogens (tertiary/aromatic N) is 1. The Morgan fingerprint density at radius 3 is 2.25 bits per heavy atom. The quantitative estimate of drug-likeness (QED) is 0.715. The van der Waals surface area contributed by atoms with Crippen molar-refractivity contribution in [3.8, 4) is 0 Å². The normalized spacial score (nSPS) is 19.1. The summed E-state index contributed by atoms with van der Waals surface area (Å²) in [5.41, 5.74) is 1.07. The summed E-state index contributed by atoms with van der Waals surface area (Å²) in [5.74, 6) is 0. The fourth-order valence-corrected chi connectivity index (χ4v) is 2.93. The van der Waals surface area contributed by atoms with Gasteiger partial charge in [0.2, 0.25) is 0 Å². The van der Waals surface area contributed by atoms with Crippen LogP contribution < -0.4 is 0 Å². The number of allylic oxidation sites excluding steroid dienone is 4. The van der Waals surface area contributed by atoms with Gasteiger partial charge in [-0.3, -0.25) is 0 Å². The van der Waals surface area contributed by atoms with Crippen LogP contribution in [0.5, 0.6) is 0 Å². The van der Waals surface area contributed by atoms with Crippen molar-refractivity contribution < 1.29 is 23.4 Å². The SMILES string of the molecule is CC(C)(C)N=C1C=CC=[C]1[Nb][O]C(C)(C)C. The molecule has 0 saturated carbocycles. The second kappa shape index (κ2) is 5.01. The Balaban J connectivity index is 2.66. The zero-order valence-corrected chi connectivity index (χ0v) is 13.2. The van der Waals surface area contributed by atoms with E-state index in [1.807, 2.05) is 0 Å². The van der Waals surface area contributed by atoms with Crippen LogP contribution in [0.2, 0.25) is 0 Å². The molecular formula is C13H21NNbO. The molecule has 0 spiro atoms. The van der Waals surface area contributed by atoms with E-state index >= 15 is 0 Å². The predicted octanol–water partition coefficient (Wildman–Crippen LogP) is 3.49. The third-order valence-electron chi connectivity index (χ3n) is 1.64. The minimum atomic E-state index is -0.769. The van der Waals surface area contributed by atoms with E-state index < -0.39 is 20.2 Å². The fourth-order valence-electron chi connectivity index (χ4n) is 1.12. The summed E-state index contributed by atoms with van der Waals surface area (Å²) in [7, 11) is 0. The van der Waals surface area contributed by atoms with Gasteiger partial charge in [0.15, 0.2) is 0 Å². The van der Waals surface area contributed by atoms with E-state index in [0.717, 1.165) is 5.71 Å². The molecule has 0 saturated heterocycles. The second-order valence-electron chi connectivity index (χ2n) is 5.87. The molecule has 0 unspecified atom stereocenters. The first-order valence-corrected chi connectivity index (χ1v) is 7.55. The van der Waals surface area contributed by atoms with Crippen LogP contribution in [0.25, 0.3) is 0 Å². The molecule has 0 N–H and O–H groups in total. The number of hydrogen-bond acceptors (Lipinski definition) is 2. The number of rotatable bonds is 2. The molecule has 0 aromatic heterocycles. The number of hydrogen-bond donors (Lipinski definition) is 0. The third-order valence-corrected chi connectivity index (χ3v) is 4.63. The Labute approximate surface area is 109 Å². The summed E-state index contributed by atoms with van der Waals surface area (Å²) in [5, 5.41) is 0. The number of aliphatic imine (C=N–C) groups is 1. The van der Waals surface area contributed by atoms with Crippen molar-refractivity contribution in [3.63, 3.8) is 0 Å². The molecule has 0 amide bonds. The van der Waals surface area contributed by atoms with E-state index in [4.69, 9.17) is 8.24 Å². The first kappa shape index (κ1) is 13.9. The Morgan fingerprint density at radius 2 is 1.75 bits per heavy atom. The van der Waals surface area contributed by atoms with Crippen LogP contribution in [-0.4, -0.2) is 16.9 Å². The topological polar surface area (TPSA) is 21.6 Å². The van der Waals surface area contributed by atoms with Crippen molar-refractivity contribution in [2.75, 3.05) is 0 Å². The van der Waals surface area contributed by atoms with E-state index in [2.05, 4.69) is 59.8 Å². The van der Waals surface area contributed by atoms with Gasteiger partial charge in [0, 0.05) is 0 Å². The monoisotopic (exact) mass is 300 g/mol. The summed E-state index contributed by atoms with van der Waals surface area (Å²) < 4.78 is 7.24. The molecule has 1 aliphatic carbocycles. The average molecular weight is 300 g/mol. The van der Waals surface area contributed by atoms with Crippen molar-refractivity contribution >= 4 is 5.71 Å². The van der Waals surface area contributed by atoms with Gasteiger partial charge in [-0.25, -0.2) is 0 Å². The molecular weight excluding hydrogens is 279 g/mol. The van der Waals surface area contributed by atoms with Crippen LogP contribution in [0.15, 0.2) is 27.0 Å². The maximum atomic E-state index is 5.92. The molecule has 89 valence electrons. The summed E-state index contributed by atoms with van der Waals surface area (Å²) >= 11 is -0.769.